The summed E-state index contributed by atoms with van der Waals surface area (Å²) in [6, 6.07) is 10.1. The Labute approximate surface area is 117 Å². The van der Waals surface area contributed by atoms with Gasteiger partial charge in [0.1, 0.15) is 12.7 Å². The van der Waals surface area contributed by atoms with Gasteiger partial charge in [0.25, 0.3) is 0 Å². The van der Waals surface area contributed by atoms with Crippen molar-refractivity contribution >= 4 is 17.7 Å². The predicted molar refractivity (Wildman–Crippen MR) is 73.7 cm³/mol. The van der Waals surface area contributed by atoms with Gasteiger partial charge in [-0.3, -0.25) is 4.79 Å². The first kappa shape index (κ1) is 14.4. The van der Waals surface area contributed by atoms with Crippen molar-refractivity contribution in [1.29, 1.82) is 0 Å². The maximum Gasteiger partial charge on any atom is 0.302 e. The third-order valence-electron chi connectivity index (χ3n) is 2.94. The van der Waals surface area contributed by atoms with Crippen molar-refractivity contribution in [1.82, 2.24) is 0 Å². The van der Waals surface area contributed by atoms with Gasteiger partial charge >= 0.3 is 5.97 Å². The molecule has 2 rings (SSSR count). The van der Waals surface area contributed by atoms with Crippen molar-refractivity contribution < 1.29 is 19.4 Å². The molecule has 1 N–H and O–H groups in total. The van der Waals surface area contributed by atoms with E-state index < -0.39 is 6.29 Å². The Balaban J connectivity index is 1.84. The SMILES string of the molecule is CC(=O)OC[C@H]1OC(O)C[C@@H]1SCc1ccccc1. The van der Waals surface area contributed by atoms with Crippen LogP contribution in [-0.4, -0.2) is 35.3 Å². The first-order valence-corrected chi connectivity index (χ1v) is 7.32. The number of aliphatic hydroxyl groups is 1. The summed E-state index contributed by atoms with van der Waals surface area (Å²) in [5.74, 6) is 0.537. The Bertz CT molecular complexity index is 409. The van der Waals surface area contributed by atoms with E-state index in [0.29, 0.717) is 6.42 Å². The lowest BCUT2D eigenvalue weighted by molar-refractivity contribution is -0.149. The van der Waals surface area contributed by atoms with E-state index in [9.17, 15) is 9.90 Å². The molecule has 1 aromatic carbocycles. The molecule has 1 aromatic rings. The van der Waals surface area contributed by atoms with Crippen molar-refractivity contribution in [2.75, 3.05) is 6.61 Å². The van der Waals surface area contributed by atoms with Gasteiger partial charge in [-0.2, -0.15) is 11.8 Å². The van der Waals surface area contributed by atoms with Gasteiger partial charge in [0.15, 0.2) is 6.29 Å². The summed E-state index contributed by atoms with van der Waals surface area (Å²) >= 11 is 1.72. The molecule has 3 atom stereocenters. The van der Waals surface area contributed by atoms with E-state index in [-0.39, 0.29) is 23.9 Å². The molecule has 1 aliphatic heterocycles. The topological polar surface area (TPSA) is 55.8 Å². The second-order valence-corrected chi connectivity index (χ2v) is 5.73. The minimum atomic E-state index is -0.756. The van der Waals surface area contributed by atoms with Crippen LogP contribution in [0.4, 0.5) is 0 Å². The van der Waals surface area contributed by atoms with E-state index in [2.05, 4.69) is 12.1 Å². The lowest BCUT2D eigenvalue weighted by atomic mass is 10.2. The molecule has 1 saturated heterocycles. The number of hydrogen-bond donors (Lipinski definition) is 1. The first-order valence-electron chi connectivity index (χ1n) is 6.27. The van der Waals surface area contributed by atoms with Crippen LogP contribution >= 0.6 is 11.8 Å². The predicted octanol–water partition coefficient (Wildman–Crippen LogP) is 1.96. The molecule has 104 valence electrons. The fraction of sp³-hybridized carbons (Fsp3) is 0.500. The monoisotopic (exact) mass is 282 g/mol. The average Bonchev–Trinajstić information content (AvgIpc) is 2.75. The summed E-state index contributed by atoms with van der Waals surface area (Å²) in [6.07, 6.45) is -0.412. The van der Waals surface area contributed by atoms with Crippen molar-refractivity contribution in [2.45, 2.75) is 36.7 Å². The molecule has 0 bridgehead atoms. The van der Waals surface area contributed by atoms with Gasteiger partial charge < -0.3 is 14.6 Å². The molecule has 0 aliphatic carbocycles. The highest BCUT2D eigenvalue weighted by molar-refractivity contribution is 7.99. The first-order chi connectivity index (χ1) is 9.15. The van der Waals surface area contributed by atoms with Crippen LogP contribution in [0.1, 0.15) is 18.9 Å². The number of benzene rings is 1. The Kier molecular flexibility index (Phi) is 5.24. The van der Waals surface area contributed by atoms with Crippen molar-refractivity contribution in [2.24, 2.45) is 0 Å². The maximum atomic E-state index is 10.8. The fourth-order valence-electron chi connectivity index (χ4n) is 1.99. The highest BCUT2D eigenvalue weighted by Gasteiger charge is 2.35. The lowest BCUT2D eigenvalue weighted by Gasteiger charge is -2.17. The normalized spacial score (nSPS) is 26.3. The quantitative estimate of drug-likeness (QED) is 0.837. The van der Waals surface area contributed by atoms with Crippen LogP contribution in [0.3, 0.4) is 0 Å². The highest BCUT2D eigenvalue weighted by atomic mass is 32.2. The van der Waals surface area contributed by atoms with Crippen LogP contribution in [0.15, 0.2) is 30.3 Å². The number of esters is 1. The summed E-state index contributed by atoms with van der Waals surface area (Å²) < 4.78 is 10.3. The number of aliphatic hydroxyl groups excluding tert-OH is 1. The third-order valence-corrected chi connectivity index (χ3v) is 4.36. The molecule has 0 radical (unpaired) electrons. The zero-order chi connectivity index (χ0) is 13.7. The number of carbonyl (C=O) groups excluding carboxylic acids is 1. The Hall–Kier alpha value is -1.04. The van der Waals surface area contributed by atoms with E-state index in [4.69, 9.17) is 9.47 Å². The lowest BCUT2D eigenvalue weighted by Crippen LogP contribution is -2.26. The summed E-state index contributed by atoms with van der Waals surface area (Å²) in [4.78, 5) is 10.8. The Morgan fingerprint density at radius 2 is 2.21 bits per heavy atom. The fourth-order valence-corrected chi connectivity index (χ4v) is 3.25. The minimum absolute atomic E-state index is 0.148. The van der Waals surface area contributed by atoms with Gasteiger partial charge in [-0.15, -0.1) is 0 Å². The van der Waals surface area contributed by atoms with Crippen LogP contribution in [0.2, 0.25) is 0 Å². The highest BCUT2D eigenvalue weighted by Crippen LogP contribution is 2.32. The van der Waals surface area contributed by atoms with Gasteiger partial charge in [0.2, 0.25) is 0 Å². The van der Waals surface area contributed by atoms with Crippen LogP contribution in [0.5, 0.6) is 0 Å². The Morgan fingerprint density at radius 1 is 1.47 bits per heavy atom. The van der Waals surface area contributed by atoms with Gasteiger partial charge in [-0.05, 0) is 5.56 Å². The second-order valence-electron chi connectivity index (χ2n) is 4.50. The van der Waals surface area contributed by atoms with Crippen LogP contribution in [0.25, 0.3) is 0 Å². The molecule has 1 aliphatic rings. The average molecular weight is 282 g/mol. The molecule has 1 heterocycles. The third kappa shape index (κ3) is 4.53. The molecule has 0 aromatic heterocycles. The second kappa shape index (κ2) is 6.93. The molecule has 0 amide bonds. The van der Waals surface area contributed by atoms with E-state index >= 15 is 0 Å². The van der Waals surface area contributed by atoms with E-state index in [1.807, 2.05) is 18.2 Å². The van der Waals surface area contributed by atoms with Crippen LogP contribution in [-0.2, 0) is 20.0 Å². The molecular formula is C14H18O4S. The minimum Gasteiger partial charge on any atom is -0.463 e. The molecule has 4 nitrogen and oxygen atoms in total. The molecule has 0 spiro atoms. The van der Waals surface area contributed by atoms with Gasteiger partial charge in [-0.25, -0.2) is 0 Å². The summed E-state index contributed by atoms with van der Waals surface area (Å²) in [5.41, 5.74) is 1.24. The van der Waals surface area contributed by atoms with E-state index in [1.54, 1.807) is 11.8 Å². The summed E-state index contributed by atoms with van der Waals surface area (Å²) in [6.45, 7) is 1.58. The van der Waals surface area contributed by atoms with Gasteiger partial charge in [0.05, 0.1) is 0 Å². The van der Waals surface area contributed by atoms with Crippen LogP contribution in [0, 0.1) is 0 Å². The molecule has 1 unspecified atom stereocenters. The zero-order valence-electron chi connectivity index (χ0n) is 10.8. The number of thioether (sulfide) groups is 1. The summed E-state index contributed by atoms with van der Waals surface area (Å²) in [5, 5.41) is 9.70. The molecule has 0 saturated carbocycles. The molecular weight excluding hydrogens is 264 g/mol. The maximum absolute atomic E-state index is 10.8. The van der Waals surface area contributed by atoms with E-state index in [0.717, 1.165) is 5.75 Å². The number of ether oxygens (including phenoxy) is 2. The van der Waals surface area contributed by atoms with E-state index in [1.165, 1.54) is 12.5 Å². The largest absolute Gasteiger partial charge is 0.463 e. The summed E-state index contributed by atoms with van der Waals surface area (Å²) in [7, 11) is 0. The number of rotatable bonds is 5. The van der Waals surface area contributed by atoms with Gasteiger partial charge in [-0.1, -0.05) is 30.3 Å². The smallest absolute Gasteiger partial charge is 0.302 e. The molecule has 1 fully saturated rings. The zero-order valence-corrected chi connectivity index (χ0v) is 11.6. The Morgan fingerprint density at radius 3 is 2.89 bits per heavy atom. The number of hydrogen-bond acceptors (Lipinski definition) is 5. The number of carbonyl (C=O) groups is 1. The molecule has 5 heteroatoms. The van der Waals surface area contributed by atoms with Crippen molar-refractivity contribution in [3.63, 3.8) is 0 Å². The van der Waals surface area contributed by atoms with Crippen molar-refractivity contribution in [3.05, 3.63) is 35.9 Å². The van der Waals surface area contributed by atoms with Crippen molar-refractivity contribution in [3.8, 4) is 0 Å². The standard InChI is InChI=1S/C14H18O4S/c1-10(15)17-8-12-13(7-14(16)18-12)19-9-11-5-3-2-4-6-11/h2-6,12-14,16H,7-9H2,1H3/t12-,13+,14?/m1/s1. The van der Waals surface area contributed by atoms with Gasteiger partial charge in [0, 0.05) is 24.3 Å². The molecule has 19 heavy (non-hydrogen) atoms. The van der Waals surface area contributed by atoms with Crippen LogP contribution < -0.4 is 0 Å².